The molecule has 0 saturated carbocycles. The van der Waals surface area contributed by atoms with Crippen molar-refractivity contribution in [3.63, 3.8) is 0 Å². The van der Waals surface area contributed by atoms with Gasteiger partial charge in [-0.2, -0.15) is 0 Å². The summed E-state index contributed by atoms with van der Waals surface area (Å²) in [5.41, 5.74) is -2.77. The quantitative estimate of drug-likeness (QED) is 0.0503. The van der Waals surface area contributed by atoms with E-state index < -0.39 is 67.2 Å². The van der Waals surface area contributed by atoms with Gasteiger partial charge in [-0.05, 0) is 12.8 Å². The van der Waals surface area contributed by atoms with E-state index in [4.69, 9.17) is 0 Å². The minimum absolute atomic E-state index is 0.226. The van der Waals surface area contributed by atoms with Gasteiger partial charge in [-0.15, -0.1) is 0 Å². The summed E-state index contributed by atoms with van der Waals surface area (Å²) in [5, 5.41) is 38.6. The summed E-state index contributed by atoms with van der Waals surface area (Å²) in [6, 6.07) is 0. The van der Waals surface area contributed by atoms with Gasteiger partial charge in [0.25, 0.3) is 0 Å². The average Bonchev–Trinajstić information content (AvgIpc) is 2.97. The predicted molar refractivity (Wildman–Crippen MR) is 175 cm³/mol. The van der Waals surface area contributed by atoms with E-state index in [1.54, 1.807) is 0 Å². The van der Waals surface area contributed by atoms with Crippen LogP contribution in [-0.4, -0.2) is 104 Å². The molecule has 0 aliphatic carbocycles. The molecule has 0 aromatic heterocycles. The zero-order chi connectivity index (χ0) is 34.8. The molecule has 4 N–H and O–H groups in total. The Morgan fingerprint density at radius 2 is 0.783 bits per heavy atom. The van der Waals surface area contributed by atoms with E-state index in [-0.39, 0.29) is 19.4 Å². The Morgan fingerprint density at radius 3 is 1.09 bits per heavy atom. The molecule has 0 spiro atoms. The smallest absolute Gasteiger partial charge is 0.339 e. The second-order valence-electron chi connectivity index (χ2n) is 12.3. The Hall–Kier alpha value is -2.86. The predicted octanol–water partition coefficient (Wildman–Crippen LogP) is 5.65. The lowest BCUT2D eigenvalue weighted by molar-refractivity contribution is -0.165. The van der Waals surface area contributed by atoms with Crippen LogP contribution in [0.4, 0.5) is 0 Å². The standard InChI is InChI=1S/C34H60N2O10/c1-3-5-7-9-11-13-15-17-19-21-28(37)34(33(45)46,29(38)22-20-18-16-14-12-10-8-6-4-2)36(27-32(43)44)24-23-35(25-30(39)40)26-31(41)42/h3-27H2,1-2H3,(H,39,40)(H,41,42)(H,43,44)(H,45,46). The molecule has 0 fully saturated rings. The highest BCUT2D eigenvalue weighted by Crippen LogP contribution is 2.26. The molecule has 12 nitrogen and oxygen atoms in total. The number of Topliss-reactive ketones (excluding diaryl/α,β-unsaturated/α-hetero) is 2. The van der Waals surface area contributed by atoms with Crippen LogP contribution in [0.2, 0.25) is 0 Å². The third-order valence-corrected chi connectivity index (χ3v) is 8.34. The van der Waals surface area contributed by atoms with Gasteiger partial charge in [-0.25, -0.2) is 4.79 Å². The minimum atomic E-state index is -2.77. The van der Waals surface area contributed by atoms with E-state index in [1.165, 1.54) is 25.7 Å². The van der Waals surface area contributed by atoms with Crippen molar-refractivity contribution in [1.29, 1.82) is 0 Å². The number of carbonyl (C=O) groups excluding carboxylic acids is 2. The van der Waals surface area contributed by atoms with Gasteiger partial charge < -0.3 is 20.4 Å². The van der Waals surface area contributed by atoms with Crippen LogP contribution in [0.1, 0.15) is 142 Å². The molecule has 0 heterocycles. The molecule has 0 bridgehead atoms. The van der Waals surface area contributed by atoms with Crippen molar-refractivity contribution < 1.29 is 49.2 Å². The number of carbonyl (C=O) groups is 6. The molecular formula is C34H60N2O10. The number of ketones is 2. The van der Waals surface area contributed by atoms with E-state index in [1.807, 2.05) is 0 Å². The number of nitrogens with zero attached hydrogens (tertiary/aromatic N) is 2. The molecule has 0 unspecified atom stereocenters. The first-order chi connectivity index (χ1) is 21.9. The summed E-state index contributed by atoms with van der Waals surface area (Å²) in [5.74, 6) is -7.70. The van der Waals surface area contributed by atoms with Gasteiger partial charge in [0, 0.05) is 25.9 Å². The zero-order valence-corrected chi connectivity index (χ0v) is 28.3. The van der Waals surface area contributed by atoms with Crippen molar-refractivity contribution in [2.75, 3.05) is 32.7 Å². The summed E-state index contributed by atoms with van der Waals surface area (Å²) in [6.07, 6.45) is 16.7. The number of carboxylic acids is 4. The number of rotatable bonds is 33. The molecule has 0 aromatic carbocycles. The summed E-state index contributed by atoms with van der Waals surface area (Å²) >= 11 is 0. The molecule has 12 heteroatoms. The van der Waals surface area contributed by atoms with Crippen LogP contribution in [0, 0.1) is 0 Å². The van der Waals surface area contributed by atoms with Crippen LogP contribution in [0.25, 0.3) is 0 Å². The third-order valence-electron chi connectivity index (χ3n) is 8.34. The Bertz CT molecular complexity index is 874. The Labute approximate surface area is 274 Å². The van der Waals surface area contributed by atoms with E-state index in [0.29, 0.717) is 25.7 Å². The molecule has 0 radical (unpaired) electrons. The molecule has 0 atom stereocenters. The molecular weight excluding hydrogens is 596 g/mol. The van der Waals surface area contributed by atoms with Gasteiger partial charge in [0.05, 0.1) is 19.6 Å². The first-order valence-electron chi connectivity index (χ1n) is 17.4. The van der Waals surface area contributed by atoms with Gasteiger partial charge in [0.1, 0.15) is 0 Å². The maximum absolute atomic E-state index is 13.8. The first-order valence-corrected chi connectivity index (χ1v) is 17.4. The van der Waals surface area contributed by atoms with Gasteiger partial charge >= 0.3 is 23.9 Å². The normalized spacial score (nSPS) is 11.7. The average molecular weight is 657 g/mol. The number of unbranched alkanes of at least 4 members (excludes halogenated alkanes) is 16. The van der Waals surface area contributed by atoms with E-state index in [0.717, 1.165) is 74.0 Å². The topological polar surface area (TPSA) is 190 Å². The first kappa shape index (κ1) is 43.1. The van der Waals surface area contributed by atoms with E-state index >= 15 is 0 Å². The van der Waals surface area contributed by atoms with Crippen LogP contribution in [0.5, 0.6) is 0 Å². The van der Waals surface area contributed by atoms with Crippen LogP contribution in [-0.2, 0) is 28.8 Å². The van der Waals surface area contributed by atoms with Crippen molar-refractivity contribution in [2.24, 2.45) is 0 Å². The molecule has 0 amide bonds. The molecule has 0 aliphatic heterocycles. The fourth-order valence-corrected chi connectivity index (χ4v) is 5.82. The maximum atomic E-state index is 13.8. The van der Waals surface area contributed by atoms with Crippen LogP contribution < -0.4 is 0 Å². The fraction of sp³-hybridized carbons (Fsp3) is 0.824. The molecule has 0 aromatic rings. The van der Waals surface area contributed by atoms with Crippen molar-refractivity contribution >= 4 is 35.4 Å². The second kappa shape index (κ2) is 26.2. The monoisotopic (exact) mass is 656 g/mol. The summed E-state index contributed by atoms with van der Waals surface area (Å²) < 4.78 is 0. The van der Waals surface area contributed by atoms with Crippen LogP contribution in [0.15, 0.2) is 0 Å². The lowest BCUT2D eigenvalue weighted by Gasteiger charge is -2.38. The second-order valence-corrected chi connectivity index (χ2v) is 12.3. The lowest BCUT2D eigenvalue weighted by atomic mass is 9.81. The van der Waals surface area contributed by atoms with Gasteiger partial charge in [-0.1, -0.05) is 117 Å². The van der Waals surface area contributed by atoms with E-state index in [9.17, 15) is 49.2 Å². The van der Waals surface area contributed by atoms with E-state index in [2.05, 4.69) is 13.8 Å². The van der Waals surface area contributed by atoms with Crippen LogP contribution in [0.3, 0.4) is 0 Å². The largest absolute Gasteiger partial charge is 0.480 e. The third kappa shape index (κ3) is 18.3. The van der Waals surface area contributed by atoms with Crippen molar-refractivity contribution in [1.82, 2.24) is 9.80 Å². The van der Waals surface area contributed by atoms with Gasteiger partial charge in [0.2, 0.25) is 5.54 Å². The highest BCUT2D eigenvalue weighted by molar-refractivity contribution is 6.27. The molecule has 0 saturated heterocycles. The summed E-state index contributed by atoms with van der Waals surface area (Å²) in [7, 11) is 0. The lowest BCUT2D eigenvalue weighted by Crippen LogP contribution is -2.67. The summed E-state index contributed by atoms with van der Waals surface area (Å²) in [4.78, 5) is 76.9. The van der Waals surface area contributed by atoms with Crippen molar-refractivity contribution in [3.05, 3.63) is 0 Å². The molecule has 46 heavy (non-hydrogen) atoms. The Kier molecular flexibility index (Phi) is 24.6. The highest BCUT2D eigenvalue weighted by Gasteiger charge is 2.56. The highest BCUT2D eigenvalue weighted by atomic mass is 16.4. The Morgan fingerprint density at radius 1 is 0.457 bits per heavy atom. The number of hydrogen-bond acceptors (Lipinski definition) is 8. The SMILES string of the molecule is CCCCCCCCCCCC(=O)C(C(=O)O)(C(=O)CCCCCCCCCCC)N(CCN(CC(=O)O)CC(=O)O)CC(=O)O. The van der Waals surface area contributed by atoms with Crippen molar-refractivity contribution in [2.45, 2.75) is 148 Å². The Balaban J connectivity index is 5.86. The van der Waals surface area contributed by atoms with Gasteiger partial charge in [-0.3, -0.25) is 33.8 Å². The number of carboxylic acid groups (broad SMARTS) is 4. The zero-order valence-electron chi connectivity index (χ0n) is 28.3. The molecule has 0 rings (SSSR count). The van der Waals surface area contributed by atoms with Crippen LogP contribution >= 0.6 is 0 Å². The molecule has 0 aliphatic rings. The number of aliphatic carboxylic acids is 4. The fourth-order valence-electron chi connectivity index (χ4n) is 5.82. The van der Waals surface area contributed by atoms with Gasteiger partial charge in [0.15, 0.2) is 11.6 Å². The number of hydrogen-bond donors (Lipinski definition) is 4. The molecule has 266 valence electrons. The van der Waals surface area contributed by atoms with Crippen molar-refractivity contribution in [3.8, 4) is 0 Å². The maximum Gasteiger partial charge on any atom is 0.339 e. The summed E-state index contributed by atoms with van der Waals surface area (Å²) in [6.45, 7) is 1.04. The minimum Gasteiger partial charge on any atom is -0.480 e.